The first-order chi connectivity index (χ1) is 11.2. The standard InChI is InChI=1S/C19H21NOS2/c1-12-6-2-4-8-15(12)20-19(21)17-10-13-11-22-16-9-5-3-7-14(16)18(13)23-17/h3,5,7,9-10,12,15H,2,4,6,8,11H2,1H3,(H,20,21). The van der Waals surface area contributed by atoms with E-state index in [9.17, 15) is 4.79 Å². The van der Waals surface area contributed by atoms with Gasteiger partial charge in [0.2, 0.25) is 0 Å². The summed E-state index contributed by atoms with van der Waals surface area (Å²) in [7, 11) is 0. The highest BCUT2D eigenvalue weighted by Crippen LogP contribution is 2.45. The minimum atomic E-state index is 0.116. The summed E-state index contributed by atoms with van der Waals surface area (Å²) in [6, 6.07) is 11.0. The maximum Gasteiger partial charge on any atom is 0.261 e. The number of carbonyl (C=O) groups is 1. The van der Waals surface area contributed by atoms with E-state index in [0.717, 1.165) is 17.1 Å². The van der Waals surface area contributed by atoms with Gasteiger partial charge in [-0.2, -0.15) is 0 Å². The normalized spacial score (nSPS) is 23.0. The number of thioether (sulfide) groups is 1. The van der Waals surface area contributed by atoms with Crippen molar-refractivity contribution in [3.05, 3.63) is 40.8 Å². The number of benzene rings is 1. The summed E-state index contributed by atoms with van der Waals surface area (Å²) < 4.78 is 0. The molecule has 2 heterocycles. The van der Waals surface area contributed by atoms with Gasteiger partial charge >= 0.3 is 0 Å². The highest BCUT2D eigenvalue weighted by Gasteiger charge is 2.26. The van der Waals surface area contributed by atoms with E-state index in [0.29, 0.717) is 12.0 Å². The fraction of sp³-hybridized carbons (Fsp3) is 0.421. The Morgan fingerprint density at radius 2 is 2.04 bits per heavy atom. The molecule has 1 fully saturated rings. The second-order valence-corrected chi connectivity index (χ2v) is 8.66. The Morgan fingerprint density at radius 3 is 2.91 bits per heavy atom. The van der Waals surface area contributed by atoms with Crippen LogP contribution in [0.1, 0.15) is 47.8 Å². The molecule has 2 atom stereocenters. The summed E-state index contributed by atoms with van der Waals surface area (Å²) in [6.45, 7) is 2.26. The highest BCUT2D eigenvalue weighted by atomic mass is 32.2. The van der Waals surface area contributed by atoms with Crippen LogP contribution in [0.2, 0.25) is 0 Å². The minimum absolute atomic E-state index is 0.116. The average Bonchev–Trinajstić information content (AvgIpc) is 3.02. The summed E-state index contributed by atoms with van der Waals surface area (Å²) in [6.07, 6.45) is 4.89. The first-order valence-electron chi connectivity index (χ1n) is 8.38. The van der Waals surface area contributed by atoms with Crippen LogP contribution in [0, 0.1) is 5.92 Å². The van der Waals surface area contributed by atoms with Gasteiger partial charge in [-0.3, -0.25) is 4.79 Å². The van der Waals surface area contributed by atoms with E-state index in [1.54, 1.807) is 11.3 Å². The maximum absolute atomic E-state index is 12.7. The van der Waals surface area contributed by atoms with Crippen LogP contribution in [0.3, 0.4) is 0 Å². The van der Waals surface area contributed by atoms with Crippen molar-refractivity contribution in [3.8, 4) is 10.4 Å². The predicted molar refractivity (Wildman–Crippen MR) is 98.2 cm³/mol. The third kappa shape index (κ3) is 2.94. The van der Waals surface area contributed by atoms with Gasteiger partial charge in [0.05, 0.1) is 4.88 Å². The summed E-state index contributed by atoms with van der Waals surface area (Å²) in [4.78, 5) is 16.2. The third-order valence-electron chi connectivity index (χ3n) is 4.98. The Kier molecular flexibility index (Phi) is 4.20. The quantitative estimate of drug-likeness (QED) is 0.798. The summed E-state index contributed by atoms with van der Waals surface area (Å²) in [5.41, 5.74) is 2.59. The molecule has 23 heavy (non-hydrogen) atoms. The van der Waals surface area contributed by atoms with Crippen LogP contribution < -0.4 is 5.32 Å². The van der Waals surface area contributed by atoms with E-state index in [1.807, 2.05) is 11.8 Å². The Hall–Kier alpha value is -1.26. The minimum Gasteiger partial charge on any atom is -0.348 e. The zero-order valence-corrected chi connectivity index (χ0v) is 14.9. The maximum atomic E-state index is 12.7. The second kappa shape index (κ2) is 6.33. The molecule has 1 aromatic carbocycles. The second-order valence-electron chi connectivity index (χ2n) is 6.59. The molecule has 0 spiro atoms. The predicted octanol–water partition coefficient (Wildman–Crippen LogP) is 5.33. The van der Waals surface area contributed by atoms with E-state index in [4.69, 9.17) is 0 Å². The fourth-order valence-corrected chi connectivity index (χ4v) is 5.90. The number of rotatable bonds is 2. The van der Waals surface area contributed by atoms with Gasteiger partial charge in [-0.15, -0.1) is 23.1 Å². The van der Waals surface area contributed by atoms with E-state index in [2.05, 4.69) is 42.6 Å². The van der Waals surface area contributed by atoms with Crippen molar-refractivity contribution in [2.45, 2.75) is 49.3 Å². The van der Waals surface area contributed by atoms with Crippen molar-refractivity contribution < 1.29 is 4.79 Å². The monoisotopic (exact) mass is 343 g/mol. The molecule has 120 valence electrons. The molecule has 1 aliphatic carbocycles. The lowest BCUT2D eigenvalue weighted by Crippen LogP contribution is -2.40. The van der Waals surface area contributed by atoms with E-state index in [-0.39, 0.29) is 5.91 Å². The summed E-state index contributed by atoms with van der Waals surface area (Å²) >= 11 is 3.52. The molecular formula is C19H21NOS2. The van der Waals surface area contributed by atoms with Gasteiger partial charge in [-0.05, 0) is 36.5 Å². The van der Waals surface area contributed by atoms with Crippen molar-refractivity contribution in [1.29, 1.82) is 0 Å². The number of carbonyl (C=O) groups excluding carboxylic acids is 1. The van der Waals surface area contributed by atoms with Crippen molar-refractivity contribution in [2.75, 3.05) is 0 Å². The van der Waals surface area contributed by atoms with Crippen molar-refractivity contribution in [1.82, 2.24) is 5.32 Å². The Labute approximate surface area is 145 Å². The molecule has 4 heteroatoms. The first-order valence-corrected chi connectivity index (χ1v) is 10.2. The van der Waals surface area contributed by atoms with Crippen molar-refractivity contribution >= 4 is 29.0 Å². The molecule has 1 aromatic heterocycles. The smallest absolute Gasteiger partial charge is 0.261 e. The number of hydrogen-bond acceptors (Lipinski definition) is 3. The lowest BCUT2D eigenvalue weighted by molar-refractivity contribution is 0.0914. The van der Waals surface area contributed by atoms with Crippen LogP contribution >= 0.6 is 23.1 Å². The van der Waals surface area contributed by atoms with Gasteiger partial charge in [0, 0.05) is 27.1 Å². The summed E-state index contributed by atoms with van der Waals surface area (Å²) in [5.74, 6) is 1.68. The zero-order chi connectivity index (χ0) is 15.8. The van der Waals surface area contributed by atoms with Gasteiger partial charge in [0.1, 0.15) is 0 Å². The van der Waals surface area contributed by atoms with Crippen LogP contribution in [0.5, 0.6) is 0 Å². The SMILES string of the molecule is CC1CCCCC1NC(=O)c1cc2c(s1)-c1ccccc1SC2. The Morgan fingerprint density at radius 1 is 1.22 bits per heavy atom. The fourth-order valence-electron chi connectivity index (χ4n) is 3.58. The number of nitrogens with one attached hydrogen (secondary N) is 1. The first kappa shape index (κ1) is 15.3. The topological polar surface area (TPSA) is 29.1 Å². The van der Waals surface area contributed by atoms with E-state index < -0.39 is 0 Å². The molecule has 2 nitrogen and oxygen atoms in total. The van der Waals surface area contributed by atoms with Crippen LogP contribution in [0.4, 0.5) is 0 Å². The number of hydrogen-bond donors (Lipinski definition) is 1. The molecule has 0 bridgehead atoms. The molecule has 1 amide bonds. The molecule has 2 unspecified atom stereocenters. The molecular weight excluding hydrogens is 322 g/mol. The van der Waals surface area contributed by atoms with Gasteiger partial charge in [-0.25, -0.2) is 0 Å². The van der Waals surface area contributed by atoms with Gasteiger partial charge in [0.25, 0.3) is 5.91 Å². The molecule has 0 saturated heterocycles. The van der Waals surface area contributed by atoms with Crippen LogP contribution in [0.15, 0.2) is 35.2 Å². The molecule has 2 aromatic rings. The molecule has 1 saturated carbocycles. The molecule has 2 aliphatic rings. The van der Waals surface area contributed by atoms with Crippen molar-refractivity contribution in [2.24, 2.45) is 5.92 Å². The third-order valence-corrected chi connectivity index (χ3v) is 7.31. The highest BCUT2D eigenvalue weighted by molar-refractivity contribution is 7.98. The van der Waals surface area contributed by atoms with Crippen molar-refractivity contribution in [3.63, 3.8) is 0 Å². The molecule has 4 rings (SSSR count). The van der Waals surface area contributed by atoms with E-state index in [1.165, 1.54) is 40.2 Å². The lowest BCUT2D eigenvalue weighted by atomic mass is 9.86. The number of amides is 1. The number of fused-ring (bicyclic) bond motifs is 3. The van der Waals surface area contributed by atoms with Gasteiger partial charge < -0.3 is 5.32 Å². The van der Waals surface area contributed by atoms with E-state index >= 15 is 0 Å². The zero-order valence-electron chi connectivity index (χ0n) is 13.3. The average molecular weight is 344 g/mol. The van der Waals surface area contributed by atoms with Crippen LogP contribution in [-0.4, -0.2) is 11.9 Å². The van der Waals surface area contributed by atoms with Gasteiger partial charge in [0.15, 0.2) is 0 Å². The summed E-state index contributed by atoms with van der Waals surface area (Å²) in [5, 5.41) is 3.28. The lowest BCUT2D eigenvalue weighted by Gasteiger charge is -2.29. The largest absolute Gasteiger partial charge is 0.348 e. The van der Waals surface area contributed by atoms with Crippen LogP contribution in [0.25, 0.3) is 10.4 Å². The Balaban J connectivity index is 1.57. The van der Waals surface area contributed by atoms with Crippen LogP contribution in [-0.2, 0) is 5.75 Å². The molecule has 0 radical (unpaired) electrons. The molecule has 1 aliphatic heterocycles. The molecule has 1 N–H and O–H groups in total. The Bertz CT molecular complexity index is 737. The van der Waals surface area contributed by atoms with Gasteiger partial charge in [-0.1, -0.05) is 38.0 Å². The number of thiophene rings is 1.